The largest absolute Gasteiger partial charge is 0.481 e. The first-order valence-corrected chi connectivity index (χ1v) is 8.09. The molecule has 2 aliphatic rings. The maximum absolute atomic E-state index is 5.23. The van der Waals surface area contributed by atoms with Gasteiger partial charge in [0.1, 0.15) is 12.1 Å². The van der Waals surface area contributed by atoms with E-state index in [2.05, 4.69) is 31.1 Å². The average molecular weight is 314 g/mol. The lowest BCUT2D eigenvalue weighted by atomic mass is 10.1. The molecule has 0 radical (unpaired) electrons. The molecule has 0 spiro atoms. The standard InChI is InChI=1S/C16H22N6O/c1-20-9-12(8-19-20)10-21-5-3-14-13(21)4-6-22(14)15-7-16(23-2)18-11-17-15/h7-9,11,13-14H,3-6,10H2,1-2H3/t13-,14-/m1/s1. The van der Waals surface area contributed by atoms with Crippen molar-refractivity contribution in [2.24, 2.45) is 7.05 Å². The summed E-state index contributed by atoms with van der Waals surface area (Å²) in [5, 5.41) is 4.27. The summed E-state index contributed by atoms with van der Waals surface area (Å²) in [4.78, 5) is 13.6. The fraction of sp³-hybridized carbons (Fsp3) is 0.562. The van der Waals surface area contributed by atoms with Crippen LogP contribution in [0.15, 0.2) is 24.8 Å². The first kappa shape index (κ1) is 14.4. The van der Waals surface area contributed by atoms with Gasteiger partial charge >= 0.3 is 0 Å². The van der Waals surface area contributed by atoms with E-state index in [0.717, 1.165) is 25.5 Å². The zero-order valence-electron chi connectivity index (χ0n) is 13.6. The van der Waals surface area contributed by atoms with Crippen LogP contribution in [0.5, 0.6) is 5.88 Å². The highest BCUT2D eigenvalue weighted by Crippen LogP contribution is 2.35. The number of aryl methyl sites for hydroxylation is 1. The number of likely N-dealkylation sites (tertiary alicyclic amines) is 1. The van der Waals surface area contributed by atoms with Crippen LogP contribution in [0.3, 0.4) is 0 Å². The van der Waals surface area contributed by atoms with Crippen molar-refractivity contribution in [2.45, 2.75) is 31.5 Å². The molecule has 4 heterocycles. The van der Waals surface area contributed by atoms with Gasteiger partial charge in [0.2, 0.25) is 5.88 Å². The molecule has 0 saturated carbocycles. The number of aromatic nitrogens is 4. The van der Waals surface area contributed by atoms with Gasteiger partial charge in [-0.1, -0.05) is 0 Å². The van der Waals surface area contributed by atoms with E-state index >= 15 is 0 Å². The Hall–Kier alpha value is -2.15. The molecule has 122 valence electrons. The molecule has 7 nitrogen and oxygen atoms in total. The minimum absolute atomic E-state index is 0.534. The van der Waals surface area contributed by atoms with Gasteiger partial charge in [-0.2, -0.15) is 5.10 Å². The van der Waals surface area contributed by atoms with E-state index in [4.69, 9.17) is 4.74 Å². The second kappa shape index (κ2) is 5.81. The number of ether oxygens (including phenoxy) is 1. The normalized spacial score (nSPS) is 24.2. The van der Waals surface area contributed by atoms with Gasteiger partial charge in [0.25, 0.3) is 0 Å². The van der Waals surface area contributed by atoms with Crippen molar-refractivity contribution >= 4 is 5.82 Å². The maximum Gasteiger partial charge on any atom is 0.218 e. The number of methoxy groups -OCH3 is 1. The molecule has 7 heteroatoms. The summed E-state index contributed by atoms with van der Waals surface area (Å²) in [6.07, 6.45) is 8.02. The Morgan fingerprint density at radius 2 is 2.09 bits per heavy atom. The Kier molecular flexibility index (Phi) is 3.65. The van der Waals surface area contributed by atoms with E-state index in [9.17, 15) is 0 Å². The molecule has 0 unspecified atom stereocenters. The number of anilines is 1. The molecule has 0 amide bonds. The van der Waals surface area contributed by atoms with Crippen molar-refractivity contribution < 1.29 is 4.74 Å². The predicted molar refractivity (Wildman–Crippen MR) is 86.4 cm³/mol. The lowest BCUT2D eigenvalue weighted by Gasteiger charge is -2.26. The van der Waals surface area contributed by atoms with Crippen LogP contribution in [-0.4, -0.2) is 56.9 Å². The first-order chi connectivity index (χ1) is 11.2. The van der Waals surface area contributed by atoms with Gasteiger partial charge in [-0.15, -0.1) is 0 Å². The molecular weight excluding hydrogens is 292 g/mol. The number of fused-ring (bicyclic) bond motifs is 1. The third-order valence-corrected chi connectivity index (χ3v) is 4.97. The molecule has 0 aliphatic carbocycles. The summed E-state index contributed by atoms with van der Waals surface area (Å²) in [7, 11) is 3.61. The monoisotopic (exact) mass is 314 g/mol. The average Bonchev–Trinajstić information content (AvgIpc) is 3.26. The van der Waals surface area contributed by atoms with Crippen LogP contribution < -0.4 is 9.64 Å². The van der Waals surface area contributed by atoms with Crippen LogP contribution in [0.1, 0.15) is 18.4 Å². The summed E-state index contributed by atoms with van der Waals surface area (Å²) in [6.45, 7) is 3.15. The maximum atomic E-state index is 5.23. The van der Waals surface area contributed by atoms with Crippen LogP contribution >= 0.6 is 0 Å². The van der Waals surface area contributed by atoms with E-state index in [1.165, 1.54) is 18.4 Å². The van der Waals surface area contributed by atoms with Gasteiger partial charge in [0, 0.05) is 56.6 Å². The Bertz CT molecular complexity index is 687. The molecule has 2 saturated heterocycles. The SMILES string of the molecule is COc1cc(N2CC[C@@H]3[C@H]2CCN3Cc2cnn(C)c2)ncn1. The van der Waals surface area contributed by atoms with Crippen LogP contribution in [0.25, 0.3) is 0 Å². The zero-order valence-corrected chi connectivity index (χ0v) is 13.6. The summed E-state index contributed by atoms with van der Waals surface area (Å²) < 4.78 is 7.10. The lowest BCUT2D eigenvalue weighted by molar-refractivity contribution is 0.246. The second-order valence-corrected chi connectivity index (χ2v) is 6.32. The lowest BCUT2D eigenvalue weighted by Crippen LogP contribution is -2.36. The molecule has 2 aromatic heterocycles. The summed E-state index contributed by atoms with van der Waals surface area (Å²) in [5.74, 6) is 1.61. The highest BCUT2D eigenvalue weighted by atomic mass is 16.5. The van der Waals surface area contributed by atoms with Gasteiger partial charge in [0.05, 0.1) is 13.3 Å². The minimum atomic E-state index is 0.534. The van der Waals surface area contributed by atoms with E-state index in [0.29, 0.717) is 18.0 Å². The third-order valence-electron chi connectivity index (χ3n) is 4.97. The molecule has 2 fully saturated rings. The minimum Gasteiger partial charge on any atom is -0.481 e. The predicted octanol–water partition coefficient (Wildman–Crippen LogP) is 1.07. The molecule has 23 heavy (non-hydrogen) atoms. The number of hydrogen-bond donors (Lipinski definition) is 0. The van der Waals surface area contributed by atoms with E-state index in [1.54, 1.807) is 13.4 Å². The molecule has 0 N–H and O–H groups in total. The third kappa shape index (κ3) is 2.65. The van der Waals surface area contributed by atoms with Gasteiger partial charge in [-0.3, -0.25) is 9.58 Å². The summed E-state index contributed by atoms with van der Waals surface area (Å²) in [6, 6.07) is 3.06. The molecule has 0 aromatic carbocycles. The highest BCUT2D eigenvalue weighted by molar-refractivity contribution is 5.44. The van der Waals surface area contributed by atoms with Gasteiger partial charge in [0.15, 0.2) is 0 Å². The van der Waals surface area contributed by atoms with E-state index < -0.39 is 0 Å². The van der Waals surface area contributed by atoms with Crippen LogP contribution in [0, 0.1) is 0 Å². The highest BCUT2D eigenvalue weighted by Gasteiger charge is 2.42. The van der Waals surface area contributed by atoms with Crippen molar-refractivity contribution in [2.75, 3.05) is 25.1 Å². The van der Waals surface area contributed by atoms with Gasteiger partial charge < -0.3 is 9.64 Å². The zero-order chi connectivity index (χ0) is 15.8. The molecular formula is C16H22N6O. The molecule has 4 rings (SSSR count). The van der Waals surface area contributed by atoms with Gasteiger partial charge in [-0.05, 0) is 12.8 Å². The van der Waals surface area contributed by atoms with Crippen LogP contribution in [0.4, 0.5) is 5.82 Å². The topological polar surface area (TPSA) is 59.3 Å². The Morgan fingerprint density at radius 1 is 1.22 bits per heavy atom. The Morgan fingerprint density at radius 3 is 2.87 bits per heavy atom. The molecule has 0 bridgehead atoms. The summed E-state index contributed by atoms with van der Waals surface area (Å²) >= 11 is 0. The quantitative estimate of drug-likeness (QED) is 0.841. The number of rotatable bonds is 4. The summed E-state index contributed by atoms with van der Waals surface area (Å²) in [5.41, 5.74) is 1.29. The second-order valence-electron chi connectivity index (χ2n) is 6.32. The number of nitrogens with zero attached hydrogens (tertiary/aromatic N) is 6. The van der Waals surface area contributed by atoms with E-state index in [1.807, 2.05) is 24.0 Å². The number of hydrogen-bond acceptors (Lipinski definition) is 6. The van der Waals surface area contributed by atoms with Crippen LogP contribution in [0.2, 0.25) is 0 Å². The van der Waals surface area contributed by atoms with Crippen molar-refractivity contribution in [3.63, 3.8) is 0 Å². The Labute approximate surface area is 135 Å². The van der Waals surface area contributed by atoms with Gasteiger partial charge in [-0.25, -0.2) is 9.97 Å². The van der Waals surface area contributed by atoms with Crippen molar-refractivity contribution in [3.8, 4) is 5.88 Å². The molecule has 2 aliphatic heterocycles. The van der Waals surface area contributed by atoms with Crippen molar-refractivity contribution in [1.82, 2.24) is 24.6 Å². The van der Waals surface area contributed by atoms with Crippen molar-refractivity contribution in [1.29, 1.82) is 0 Å². The fourth-order valence-corrected chi connectivity index (χ4v) is 3.94. The first-order valence-electron chi connectivity index (χ1n) is 8.09. The van der Waals surface area contributed by atoms with E-state index in [-0.39, 0.29) is 0 Å². The van der Waals surface area contributed by atoms with Crippen molar-refractivity contribution in [3.05, 3.63) is 30.4 Å². The molecule has 2 aromatic rings. The Balaban J connectivity index is 1.48. The smallest absolute Gasteiger partial charge is 0.218 e. The molecule has 2 atom stereocenters. The van der Waals surface area contributed by atoms with Crippen LogP contribution in [-0.2, 0) is 13.6 Å². The fourth-order valence-electron chi connectivity index (χ4n) is 3.94.